The molecule has 4 nitrogen and oxygen atoms in total. The number of hydrogen-bond acceptors (Lipinski definition) is 5. The van der Waals surface area contributed by atoms with Crippen LogP contribution in [0.1, 0.15) is 24.0 Å². The summed E-state index contributed by atoms with van der Waals surface area (Å²) in [5, 5.41) is 0. The van der Waals surface area contributed by atoms with Crippen molar-refractivity contribution in [1.82, 2.24) is 4.72 Å². The Bertz CT molecular complexity index is 1030. The van der Waals surface area contributed by atoms with Crippen LogP contribution >= 0.6 is 12.8 Å². The first-order valence-corrected chi connectivity index (χ1v) is 10.4. The van der Waals surface area contributed by atoms with Crippen LogP contribution in [0, 0.1) is 24.0 Å². The summed E-state index contributed by atoms with van der Waals surface area (Å²) in [6.45, 7) is 2.51. The van der Waals surface area contributed by atoms with Crippen molar-refractivity contribution in [2.75, 3.05) is 6.54 Å². The third-order valence-corrected chi connectivity index (χ3v) is 5.67. The standard InChI is InChI=1S/C24H25F2N3OS/c1-16-2-4-22(5-3-16)29-23-10-19(6-7-28-31)24(15-30,13-18(23)14-27)12-17-8-20(25)11-21(26)9-17/h2-5,8-11,14-15,28,31H,6-7,12-13,27H2,1H3. The number of aryl methyl sites for hydroxylation is 1. The minimum Gasteiger partial charge on any atom is -0.404 e. The molecule has 3 rings (SSSR count). The largest absolute Gasteiger partial charge is 0.404 e. The zero-order valence-electron chi connectivity index (χ0n) is 17.2. The topological polar surface area (TPSA) is 67.5 Å². The van der Waals surface area contributed by atoms with Crippen molar-refractivity contribution < 1.29 is 13.6 Å². The summed E-state index contributed by atoms with van der Waals surface area (Å²) in [4.78, 5) is 17.1. The second-order valence-corrected chi connectivity index (χ2v) is 8.07. The number of carbonyl (C=O) groups is 1. The molecule has 0 amide bonds. The van der Waals surface area contributed by atoms with Crippen molar-refractivity contribution in [3.05, 3.63) is 88.6 Å². The predicted octanol–water partition coefficient (Wildman–Crippen LogP) is 4.77. The summed E-state index contributed by atoms with van der Waals surface area (Å²) < 4.78 is 30.3. The van der Waals surface area contributed by atoms with E-state index in [4.69, 9.17) is 10.7 Å². The molecule has 0 bridgehead atoms. The molecule has 162 valence electrons. The van der Waals surface area contributed by atoms with Gasteiger partial charge in [0.25, 0.3) is 0 Å². The maximum Gasteiger partial charge on any atom is 0.130 e. The maximum absolute atomic E-state index is 13.8. The van der Waals surface area contributed by atoms with Gasteiger partial charge in [0.2, 0.25) is 0 Å². The third-order valence-electron chi connectivity index (χ3n) is 5.44. The lowest BCUT2D eigenvalue weighted by atomic mass is 9.67. The highest BCUT2D eigenvalue weighted by Gasteiger charge is 2.39. The van der Waals surface area contributed by atoms with Crippen LogP contribution in [0.4, 0.5) is 14.5 Å². The van der Waals surface area contributed by atoms with Crippen molar-refractivity contribution >= 4 is 30.5 Å². The molecule has 0 radical (unpaired) electrons. The smallest absolute Gasteiger partial charge is 0.130 e. The normalized spacial score (nSPS) is 21.4. The van der Waals surface area contributed by atoms with Gasteiger partial charge in [-0.1, -0.05) is 36.1 Å². The molecule has 1 atom stereocenters. The molecule has 0 fully saturated rings. The number of benzene rings is 2. The number of nitrogens with one attached hydrogen (secondary N) is 1. The second kappa shape index (κ2) is 10.0. The van der Waals surface area contributed by atoms with Crippen LogP contribution in [0.5, 0.6) is 0 Å². The van der Waals surface area contributed by atoms with Crippen molar-refractivity contribution in [3.63, 3.8) is 0 Å². The molecule has 2 aromatic carbocycles. The zero-order chi connectivity index (χ0) is 22.4. The molecule has 0 saturated carbocycles. The number of allylic oxidation sites excluding steroid dienone is 2. The molecule has 2 aromatic rings. The van der Waals surface area contributed by atoms with Gasteiger partial charge in [0.15, 0.2) is 0 Å². The van der Waals surface area contributed by atoms with Gasteiger partial charge in [-0.15, -0.1) is 0 Å². The molecule has 3 N–H and O–H groups in total. The second-order valence-electron chi connectivity index (χ2n) is 7.76. The molecule has 31 heavy (non-hydrogen) atoms. The van der Waals surface area contributed by atoms with Gasteiger partial charge in [-0.2, -0.15) is 0 Å². The number of thiol groups is 1. The predicted molar refractivity (Wildman–Crippen MR) is 123 cm³/mol. The Labute approximate surface area is 186 Å². The van der Waals surface area contributed by atoms with Crippen LogP contribution in [0.3, 0.4) is 0 Å². The summed E-state index contributed by atoms with van der Waals surface area (Å²) in [7, 11) is 0. The summed E-state index contributed by atoms with van der Waals surface area (Å²) >= 11 is 4.05. The van der Waals surface area contributed by atoms with Gasteiger partial charge < -0.3 is 10.5 Å². The molecular weight excluding hydrogens is 416 g/mol. The Morgan fingerprint density at radius 1 is 1.19 bits per heavy atom. The average molecular weight is 442 g/mol. The highest BCUT2D eigenvalue weighted by molar-refractivity contribution is 7.78. The van der Waals surface area contributed by atoms with Crippen LogP contribution in [-0.2, 0) is 11.2 Å². The number of rotatable bonds is 7. The number of aliphatic imine (C=N–C) groups is 1. The van der Waals surface area contributed by atoms with Gasteiger partial charge in [0, 0.05) is 12.6 Å². The Hall–Kier alpha value is -2.77. The molecule has 1 unspecified atom stereocenters. The van der Waals surface area contributed by atoms with E-state index in [9.17, 15) is 13.6 Å². The van der Waals surface area contributed by atoms with Crippen molar-refractivity contribution in [2.24, 2.45) is 16.1 Å². The van der Waals surface area contributed by atoms with E-state index in [1.807, 2.05) is 37.3 Å². The van der Waals surface area contributed by atoms with Gasteiger partial charge in [0.05, 0.1) is 16.8 Å². The van der Waals surface area contributed by atoms with E-state index in [0.29, 0.717) is 29.8 Å². The van der Waals surface area contributed by atoms with E-state index >= 15 is 0 Å². The van der Waals surface area contributed by atoms with Gasteiger partial charge in [-0.25, -0.2) is 13.8 Å². The summed E-state index contributed by atoms with van der Waals surface area (Å²) in [5.41, 5.74) is 9.40. The third kappa shape index (κ3) is 5.48. The fraction of sp³-hybridized carbons (Fsp3) is 0.250. The molecule has 0 saturated heterocycles. The first-order chi connectivity index (χ1) is 14.9. The Kier molecular flexibility index (Phi) is 7.41. The summed E-state index contributed by atoms with van der Waals surface area (Å²) in [5.74, 6) is -1.35. The van der Waals surface area contributed by atoms with E-state index in [1.54, 1.807) is 0 Å². The van der Waals surface area contributed by atoms with Crippen LogP contribution in [-0.4, -0.2) is 18.5 Å². The minimum absolute atomic E-state index is 0.152. The van der Waals surface area contributed by atoms with Crippen LogP contribution < -0.4 is 10.5 Å². The van der Waals surface area contributed by atoms with Crippen molar-refractivity contribution in [1.29, 1.82) is 0 Å². The minimum atomic E-state index is -0.984. The first kappa shape index (κ1) is 22.9. The number of halogens is 2. The monoisotopic (exact) mass is 441 g/mol. The number of carbonyl (C=O) groups excluding carboxylic acids is 1. The Morgan fingerprint density at radius 3 is 2.45 bits per heavy atom. The zero-order valence-corrected chi connectivity index (χ0v) is 18.1. The number of nitrogens with two attached hydrogens (primary N) is 1. The van der Waals surface area contributed by atoms with Crippen LogP contribution in [0.25, 0.3) is 0 Å². The number of aldehydes is 1. The molecule has 0 aromatic heterocycles. The van der Waals surface area contributed by atoms with E-state index in [1.165, 1.54) is 18.3 Å². The van der Waals surface area contributed by atoms with E-state index in [-0.39, 0.29) is 12.8 Å². The van der Waals surface area contributed by atoms with Gasteiger partial charge in [-0.3, -0.25) is 4.72 Å². The van der Waals surface area contributed by atoms with E-state index in [0.717, 1.165) is 29.2 Å². The Morgan fingerprint density at radius 2 is 1.87 bits per heavy atom. The highest BCUT2D eigenvalue weighted by Crippen LogP contribution is 2.42. The molecule has 0 aliphatic heterocycles. The molecule has 0 heterocycles. The fourth-order valence-electron chi connectivity index (χ4n) is 3.88. The van der Waals surface area contributed by atoms with Gasteiger partial charge in [-0.05, 0) is 73.9 Å². The number of hydrogen-bond donors (Lipinski definition) is 3. The van der Waals surface area contributed by atoms with Crippen molar-refractivity contribution in [2.45, 2.75) is 26.2 Å². The van der Waals surface area contributed by atoms with Gasteiger partial charge >= 0.3 is 0 Å². The lowest BCUT2D eigenvalue weighted by molar-refractivity contribution is -0.114. The highest BCUT2D eigenvalue weighted by atomic mass is 32.1. The maximum atomic E-state index is 13.8. The van der Waals surface area contributed by atoms with Crippen molar-refractivity contribution in [3.8, 4) is 0 Å². The van der Waals surface area contributed by atoms with Crippen LogP contribution in [0.15, 0.2) is 70.9 Å². The molecule has 7 heteroatoms. The fourth-order valence-corrected chi connectivity index (χ4v) is 3.99. The lowest BCUT2D eigenvalue weighted by Gasteiger charge is -2.36. The summed E-state index contributed by atoms with van der Waals surface area (Å²) in [6.07, 6.45) is 5.11. The van der Waals surface area contributed by atoms with Crippen LogP contribution in [0.2, 0.25) is 0 Å². The number of nitrogens with zero attached hydrogens (tertiary/aromatic N) is 1. The lowest BCUT2D eigenvalue weighted by Crippen LogP contribution is -2.35. The average Bonchev–Trinajstić information content (AvgIpc) is 2.74. The van der Waals surface area contributed by atoms with Gasteiger partial charge in [0.1, 0.15) is 17.9 Å². The quantitative estimate of drug-likeness (QED) is 0.428. The molecule has 1 aliphatic carbocycles. The summed E-state index contributed by atoms with van der Waals surface area (Å²) in [6, 6.07) is 11.1. The first-order valence-electron chi connectivity index (χ1n) is 9.95. The Balaban J connectivity index is 2.08. The molecule has 0 spiro atoms. The molecule has 1 aliphatic rings. The van der Waals surface area contributed by atoms with E-state index in [2.05, 4.69) is 17.5 Å². The molecular formula is C24H25F2N3OS. The van der Waals surface area contributed by atoms with E-state index < -0.39 is 17.0 Å². The SMILES string of the molecule is Cc1ccc(N=C2C=C(CCNS)C(C=O)(Cc3cc(F)cc(F)c3)CC2=CN)cc1.